The van der Waals surface area contributed by atoms with Gasteiger partial charge in [0.2, 0.25) is 11.8 Å². The van der Waals surface area contributed by atoms with Crippen molar-refractivity contribution in [2.45, 2.75) is 38.6 Å². The van der Waals surface area contributed by atoms with Crippen molar-refractivity contribution in [3.05, 3.63) is 96.0 Å². The molecule has 6 nitrogen and oxygen atoms in total. The van der Waals surface area contributed by atoms with Crippen LogP contribution in [-0.2, 0) is 11.0 Å². The van der Waals surface area contributed by atoms with Crippen LogP contribution in [0.5, 0.6) is 0 Å². The smallest absolute Gasteiger partial charge is 1.00 e. The molecule has 0 atom stereocenters. The summed E-state index contributed by atoms with van der Waals surface area (Å²) in [7, 11) is 0. The minimum absolute atomic E-state index is 0. The molecule has 34 heavy (non-hydrogen) atoms. The number of aromatic nitrogens is 2. The van der Waals surface area contributed by atoms with Crippen molar-refractivity contribution in [3.8, 4) is 22.9 Å². The monoisotopic (exact) mass is 466 g/mol. The van der Waals surface area contributed by atoms with Crippen LogP contribution in [0.2, 0.25) is 0 Å². The summed E-state index contributed by atoms with van der Waals surface area (Å²) in [6, 6.07) is 19.5. The molecule has 2 heterocycles. The van der Waals surface area contributed by atoms with Crippen molar-refractivity contribution in [2.75, 3.05) is 6.54 Å². The Labute approximate surface area is 225 Å². The first-order valence-electron chi connectivity index (χ1n) is 10.4. The molecule has 0 saturated heterocycles. The normalized spacial score (nSPS) is 10.7. The Morgan fingerprint density at radius 1 is 0.824 bits per heavy atom. The van der Waals surface area contributed by atoms with Gasteiger partial charge >= 0.3 is 18.9 Å². The fourth-order valence-corrected chi connectivity index (χ4v) is 2.73. The van der Waals surface area contributed by atoms with Gasteiger partial charge in [0.1, 0.15) is 12.5 Å². The van der Waals surface area contributed by atoms with Gasteiger partial charge < -0.3 is 20.8 Å². The van der Waals surface area contributed by atoms with E-state index in [2.05, 4.69) is 28.7 Å². The van der Waals surface area contributed by atoms with Gasteiger partial charge in [0.25, 0.3) is 5.54 Å². The van der Waals surface area contributed by atoms with E-state index in [-0.39, 0.29) is 43.1 Å². The van der Waals surface area contributed by atoms with Crippen LogP contribution in [-0.4, -0.2) is 33.9 Å². The molecule has 0 bridgehead atoms. The van der Waals surface area contributed by atoms with Crippen LogP contribution in [0.25, 0.3) is 27.8 Å². The van der Waals surface area contributed by atoms with Crippen molar-refractivity contribution in [1.82, 2.24) is 9.97 Å². The van der Waals surface area contributed by atoms with E-state index in [1.54, 1.807) is 12.5 Å². The third-order valence-electron chi connectivity index (χ3n) is 5.16. The topological polar surface area (TPSA) is 82.4 Å². The Hall–Kier alpha value is -2.56. The number of hydrogen-bond donors (Lipinski definition) is 1. The average molecular weight is 466 g/mol. The van der Waals surface area contributed by atoms with Crippen molar-refractivity contribution < 1.29 is 29.1 Å². The maximum atomic E-state index is 7.10. The number of rotatable bonds is 5. The second-order valence-corrected chi connectivity index (χ2v) is 8.57. The molecule has 0 radical (unpaired) electrons. The predicted octanol–water partition coefficient (Wildman–Crippen LogP) is 2.01. The Morgan fingerprint density at radius 3 is 1.65 bits per heavy atom. The molecule has 4 rings (SSSR count). The maximum absolute atomic E-state index is 7.10. The number of benzene rings is 2. The second-order valence-electron chi connectivity index (χ2n) is 8.57. The van der Waals surface area contributed by atoms with Gasteiger partial charge in [0.15, 0.2) is 23.1 Å². The summed E-state index contributed by atoms with van der Waals surface area (Å²) in [5.74, 6) is 1.21. The van der Waals surface area contributed by atoms with E-state index in [1.165, 1.54) is 0 Å². The van der Waals surface area contributed by atoms with Gasteiger partial charge in [0.05, 0.1) is 5.69 Å². The van der Waals surface area contributed by atoms with Crippen LogP contribution in [0, 0.1) is 6.57 Å². The molecule has 0 fully saturated rings. The second kappa shape index (κ2) is 12.8. The minimum atomic E-state index is -0.628. The van der Waals surface area contributed by atoms with Crippen LogP contribution in [0.15, 0.2) is 82.0 Å². The standard InChI is InChI=1S/C13H12N2O.C13H16N2O.Al.Li.4H/c1-13(2,14-3)11-9-16-12(15-11)10-7-5-4-6-8-10;1-13(2,9-14)11-8-16-12(15-11)10-6-4-3-5-7-10;;;;;;/h4-9H,1-2H3;3-8H,9,14H2,1-2H3;;;;;;/q;;;+1;;;;-1. The van der Waals surface area contributed by atoms with Gasteiger partial charge in [-0.1, -0.05) is 50.2 Å². The molecular weight excluding hydrogens is 434 g/mol. The number of hydrogen-bond acceptors (Lipinski definition) is 5. The van der Waals surface area contributed by atoms with E-state index in [4.69, 9.17) is 21.1 Å². The molecule has 2 N–H and O–H groups in total. The molecule has 4 aromatic rings. The summed E-state index contributed by atoms with van der Waals surface area (Å²) in [6.45, 7) is 15.4. The quantitative estimate of drug-likeness (QED) is 0.360. The molecule has 0 amide bonds. The minimum Gasteiger partial charge on any atom is -1.00 e. The summed E-state index contributed by atoms with van der Waals surface area (Å²) in [6.07, 6.45) is 3.25. The van der Waals surface area contributed by atoms with Crippen LogP contribution in [0.3, 0.4) is 0 Å². The summed E-state index contributed by atoms with van der Waals surface area (Å²) in [5, 5.41) is 0. The zero-order valence-corrected chi connectivity index (χ0v) is 19.9. The first kappa shape index (κ1) is 29.5. The first-order valence-corrected chi connectivity index (χ1v) is 10.4. The molecule has 0 spiro atoms. The molecule has 2 aromatic carbocycles. The summed E-state index contributed by atoms with van der Waals surface area (Å²) >= 11 is 0. The van der Waals surface area contributed by atoms with Crippen LogP contribution in [0.4, 0.5) is 0 Å². The zero-order valence-electron chi connectivity index (χ0n) is 20.9. The van der Waals surface area contributed by atoms with E-state index >= 15 is 0 Å². The third-order valence-corrected chi connectivity index (χ3v) is 5.16. The Bertz CT molecular complexity index is 1190. The Kier molecular flexibility index (Phi) is 11.1. The van der Waals surface area contributed by atoms with Crippen LogP contribution < -0.4 is 24.6 Å². The van der Waals surface area contributed by atoms with Crippen molar-refractivity contribution in [1.29, 1.82) is 0 Å². The molecule has 0 saturated carbocycles. The molecule has 172 valence electrons. The molecule has 0 unspecified atom stereocenters. The van der Waals surface area contributed by atoms with E-state index in [1.807, 2.05) is 74.5 Å². The SMILES string of the molecule is CC(C)(CN)c1coc(-c2ccccc2)n1.[AlH3].[C-]#[N+]C(C)(C)c1coc(-c2ccccc2)n1.[H-].[Li+]. The van der Waals surface area contributed by atoms with Gasteiger partial charge in [-0.3, -0.25) is 0 Å². The maximum Gasteiger partial charge on any atom is 1.00 e. The molecule has 0 aliphatic heterocycles. The van der Waals surface area contributed by atoms with Gasteiger partial charge in [-0.05, 0) is 24.3 Å². The molecular formula is C26H32AlLiN4O2. The van der Waals surface area contributed by atoms with Crippen LogP contribution >= 0.6 is 0 Å². The molecule has 8 heteroatoms. The van der Waals surface area contributed by atoms with Gasteiger partial charge in [-0.15, -0.1) is 0 Å². The van der Waals surface area contributed by atoms with E-state index in [0.717, 1.165) is 16.8 Å². The van der Waals surface area contributed by atoms with Crippen molar-refractivity contribution in [3.63, 3.8) is 0 Å². The summed E-state index contributed by atoms with van der Waals surface area (Å²) in [5.41, 5.74) is 8.41. The van der Waals surface area contributed by atoms with Gasteiger partial charge in [0, 0.05) is 36.9 Å². The number of oxazole rings is 2. The van der Waals surface area contributed by atoms with Crippen molar-refractivity contribution in [2.24, 2.45) is 5.73 Å². The number of nitrogens with two attached hydrogens (primary N) is 1. The van der Waals surface area contributed by atoms with E-state index in [0.29, 0.717) is 24.0 Å². The van der Waals surface area contributed by atoms with Crippen LogP contribution in [0.1, 0.15) is 40.5 Å². The molecule has 0 aliphatic carbocycles. The van der Waals surface area contributed by atoms with E-state index < -0.39 is 5.54 Å². The Morgan fingerprint density at radius 2 is 1.24 bits per heavy atom. The average Bonchev–Trinajstić information content (AvgIpc) is 3.52. The largest absolute Gasteiger partial charge is 1.00 e. The number of nitrogens with zero attached hydrogens (tertiary/aromatic N) is 3. The molecule has 2 aromatic heterocycles. The fraction of sp³-hybridized carbons (Fsp3) is 0.269. The van der Waals surface area contributed by atoms with Crippen molar-refractivity contribution >= 4 is 17.4 Å². The summed E-state index contributed by atoms with van der Waals surface area (Å²) < 4.78 is 10.9. The molecule has 0 aliphatic rings. The third kappa shape index (κ3) is 7.22. The van der Waals surface area contributed by atoms with Gasteiger partial charge in [-0.25, -0.2) is 16.5 Å². The predicted molar refractivity (Wildman–Crippen MR) is 137 cm³/mol. The fourth-order valence-electron chi connectivity index (χ4n) is 2.73. The van der Waals surface area contributed by atoms with E-state index in [9.17, 15) is 0 Å². The Balaban J connectivity index is 0.000000608. The first-order chi connectivity index (χ1) is 15.3. The van der Waals surface area contributed by atoms with Gasteiger partial charge in [-0.2, -0.15) is 0 Å². The zero-order chi connectivity index (χ0) is 23.2. The summed E-state index contributed by atoms with van der Waals surface area (Å²) in [4.78, 5) is 12.3.